The zero-order chi connectivity index (χ0) is 11.3. The van der Waals surface area contributed by atoms with Crippen LogP contribution >= 0.6 is 23.4 Å². The van der Waals surface area contributed by atoms with Gasteiger partial charge in [0.15, 0.2) is 0 Å². The molecule has 0 saturated carbocycles. The van der Waals surface area contributed by atoms with Crippen LogP contribution in [-0.4, -0.2) is 22.9 Å². The van der Waals surface area contributed by atoms with E-state index in [4.69, 9.17) is 11.6 Å². The average molecular weight is 245 g/mol. The van der Waals surface area contributed by atoms with Gasteiger partial charge in [-0.2, -0.15) is 11.8 Å². The predicted octanol–water partition coefficient (Wildman–Crippen LogP) is 2.67. The number of nitrogens with zero attached hydrogens (tertiary/aromatic N) is 1. The third kappa shape index (κ3) is 3.72. The first-order valence-electron chi connectivity index (χ1n) is 4.54. The van der Waals surface area contributed by atoms with E-state index in [9.17, 15) is 4.79 Å². The number of hydrogen-bond donors (Lipinski definition) is 1. The molecule has 0 radical (unpaired) electrons. The van der Waals surface area contributed by atoms with Crippen LogP contribution in [0.25, 0.3) is 0 Å². The maximum absolute atomic E-state index is 11.6. The summed E-state index contributed by atoms with van der Waals surface area (Å²) < 4.78 is 0. The van der Waals surface area contributed by atoms with Gasteiger partial charge in [0.1, 0.15) is 0 Å². The van der Waals surface area contributed by atoms with E-state index in [1.165, 1.54) is 0 Å². The molecule has 1 N–H and O–H groups in total. The van der Waals surface area contributed by atoms with E-state index in [2.05, 4.69) is 10.3 Å². The number of pyridine rings is 1. The molecule has 1 unspecified atom stereocenters. The Morgan fingerprint density at radius 2 is 2.47 bits per heavy atom. The molecular weight excluding hydrogens is 232 g/mol. The monoisotopic (exact) mass is 244 g/mol. The molecule has 1 rings (SSSR count). The Hall–Kier alpha value is -0.740. The van der Waals surface area contributed by atoms with Gasteiger partial charge in [0.05, 0.1) is 16.9 Å². The summed E-state index contributed by atoms with van der Waals surface area (Å²) in [7, 11) is 0. The van der Waals surface area contributed by atoms with E-state index in [0.29, 0.717) is 10.7 Å². The molecule has 1 aromatic heterocycles. The number of nitrogens with one attached hydrogen (secondary N) is 1. The topological polar surface area (TPSA) is 42.0 Å². The maximum Gasteiger partial charge on any atom is 0.228 e. The Balaban J connectivity index is 2.62. The van der Waals surface area contributed by atoms with Gasteiger partial charge >= 0.3 is 0 Å². The molecule has 0 aromatic carbocycles. The van der Waals surface area contributed by atoms with Crippen molar-refractivity contribution in [2.45, 2.75) is 6.92 Å². The number of anilines is 1. The Morgan fingerprint density at radius 3 is 3.07 bits per heavy atom. The molecule has 5 heteroatoms. The van der Waals surface area contributed by atoms with Crippen LogP contribution in [0.5, 0.6) is 0 Å². The summed E-state index contributed by atoms with van der Waals surface area (Å²) in [5.41, 5.74) is 0.567. The van der Waals surface area contributed by atoms with Crippen molar-refractivity contribution < 1.29 is 4.79 Å². The summed E-state index contributed by atoms with van der Waals surface area (Å²) in [6, 6.07) is 1.65. The number of aromatic nitrogens is 1. The summed E-state index contributed by atoms with van der Waals surface area (Å²) in [6.45, 7) is 1.89. The minimum absolute atomic E-state index is 0.0285. The molecule has 82 valence electrons. The zero-order valence-corrected chi connectivity index (χ0v) is 10.2. The quantitative estimate of drug-likeness (QED) is 0.886. The van der Waals surface area contributed by atoms with Gasteiger partial charge in [0.25, 0.3) is 0 Å². The highest BCUT2D eigenvalue weighted by atomic mass is 35.5. The van der Waals surface area contributed by atoms with Gasteiger partial charge in [-0.1, -0.05) is 18.5 Å². The maximum atomic E-state index is 11.6. The van der Waals surface area contributed by atoms with E-state index in [1.54, 1.807) is 30.2 Å². The van der Waals surface area contributed by atoms with E-state index < -0.39 is 0 Å². The van der Waals surface area contributed by atoms with E-state index in [-0.39, 0.29) is 11.8 Å². The van der Waals surface area contributed by atoms with Crippen molar-refractivity contribution in [2.24, 2.45) is 5.92 Å². The first kappa shape index (κ1) is 12.3. The lowest BCUT2D eigenvalue weighted by atomic mass is 10.2. The highest BCUT2D eigenvalue weighted by Crippen LogP contribution is 2.20. The number of halogens is 1. The molecule has 1 amide bonds. The third-order valence-corrected chi connectivity index (χ3v) is 3.05. The van der Waals surface area contributed by atoms with Crippen LogP contribution in [0.3, 0.4) is 0 Å². The lowest BCUT2D eigenvalue weighted by Crippen LogP contribution is -2.22. The molecule has 15 heavy (non-hydrogen) atoms. The number of carbonyl (C=O) groups is 1. The van der Waals surface area contributed by atoms with Gasteiger partial charge in [-0.25, -0.2) is 0 Å². The van der Waals surface area contributed by atoms with E-state index in [0.717, 1.165) is 5.75 Å². The van der Waals surface area contributed by atoms with Crippen molar-refractivity contribution in [1.82, 2.24) is 4.98 Å². The zero-order valence-electron chi connectivity index (χ0n) is 8.66. The second-order valence-electron chi connectivity index (χ2n) is 3.20. The first-order valence-corrected chi connectivity index (χ1v) is 6.31. The summed E-state index contributed by atoms with van der Waals surface area (Å²) in [5, 5.41) is 3.26. The molecular formula is C10H13ClN2OS. The van der Waals surface area contributed by atoms with Crippen LogP contribution in [0.4, 0.5) is 5.69 Å². The van der Waals surface area contributed by atoms with Gasteiger partial charge < -0.3 is 5.32 Å². The molecule has 0 bridgehead atoms. The highest BCUT2D eigenvalue weighted by Gasteiger charge is 2.13. The molecule has 1 heterocycles. The van der Waals surface area contributed by atoms with Crippen molar-refractivity contribution in [1.29, 1.82) is 0 Å². The van der Waals surface area contributed by atoms with Crippen molar-refractivity contribution in [3.05, 3.63) is 23.5 Å². The molecule has 3 nitrogen and oxygen atoms in total. The number of carbonyl (C=O) groups excluding carboxylic acids is 1. The van der Waals surface area contributed by atoms with Gasteiger partial charge in [-0.05, 0) is 12.3 Å². The lowest BCUT2D eigenvalue weighted by molar-refractivity contribution is -0.118. The van der Waals surface area contributed by atoms with Crippen molar-refractivity contribution >= 4 is 35.0 Å². The van der Waals surface area contributed by atoms with Crippen molar-refractivity contribution in [2.75, 3.05) is 17.3 Å². The molecule has 1 aromatic rings. The largest absolute Gasteiger partial charge is 0.323 e. The fourth-order valence-corrected chi connectivity index (χ4v) is 1.85. The van der Waals surface area contributed by atoms with Crippen LogP contribution in [0.1, 0.15) is 6.92 Å². The second kappa shape index (κ2) is 5.98. The Kier molecular flexibility index (Phi) is 4.91. The average Bonchev–Trinajstić information content (AvgIpc) is 2.21. The Labute approximate surface area is 98.6 Å². The van der Waals surface area contributed by atoms with Gasteiger partial charge in [0, 0.05) is 17.9 Å². The Bertz CT molecular complexity index is 346. The van der Waals surface area contributed by atoms with Gasteiger partial charge in [0.2, 0.25) is 5.91 Å². The predicted molar refractivity (Wildman–Crippen MR) is 65.4 cm³/mol. The normalized spacial score (nSPS) is 12.2. The SMILES string of the molecule is CSCC(C)C(=O)Nc1cnccc1Cl. The Morgan fingerprint density at radius 1 is 1.73 bits per heavy atom. The smallest absolute Gasteiger partial charge is 0.228 e. The van der Waals surface area contributed by atoms with Crippen LogP contribution in [0, 0.1) is 5.92 Å². The molecule has 0 aliphatic carbocycles. The number of hydrogen-bond acceptors (Lipinski definition) is 3. The first-order chi connectivity index (χ1) is 7.15. The van der Waals surface area contributed by atoms with Crippen LogP contribution in [0.15, 0.2) is 18.5 Å². The number of amides is 1. The molecule has 0 fully saturated rings. The number of thioether (sulfide) groups is 1. The van der Waals surface area contributed by atoms with Crippen LogP contribution in [-0.2, 0) is 4.79 Å². The fraction of sp³-hybridized carbons (Fsp3) is 0.400. The standard InChI is InChI=1S/C10H13ClN2OS/c1-7(6-15-2)10(14)13-9-5-12-4-3-8(9)11/h3-5,7H,6H2,1-2H3,(H,13,14). The molecule has 0 aliphatic rings. The van der Waals surface area contributed by atoms with Crippen molar-refractivity contribution in [3.8, 4) is 0 Å². The molecule has 0 aliphatic heterocycles. The molecule has 0 saturated heterocycles. The van der Waals surface area contributed by atoms with E-state index in [1.807, 2.05) is 13.2 Å². The summed E-state index contributed by atoms with van der Waals surface area (Å²) in [4.78, 5) is 15.5. The molecule has 1 atom stereocenters. The van der Waals surface area contributed by atoms with Gasteiger partial charge in [-0.3, -0.25) is 9.78 Å². The van der Waals surface area contributed by atoms with Crippen LogP contribution < -0.4 is 5.32 Å². The summed E-state index contributed by atoms with van der Waals surface area (Å²) in [5.74, 6) is 0.736. The number of rotatable bonds is 4. The van der Waals surface area contributed by atoms with Crippen LogP contribution in [0.2, 0.25) is 5.02 Å². The third-order valence-electron chi connectivity index (χ3n) is 1.89. The van der Waals surface area contributed by atoms with Gasteiger partial charge in [-0.15, -0.1) is 0 Å². The second-order valence-corrected chi connectivity index (χ2v) is 4.52. The minimum Gasteiger partial charge on any atom is -0.323 e. The van der Waals surface area contributed by atoms with Crippen molar-refractivity contribution in [3.63, 3.8) is 0 Å². The summed E-state index contributed by atoms with van der Waals surface area (Å²) in [6.07, 6.45) is 5.11. The van der Waals surface area contributed by atoms with E-state index >= 15 is 0 Å². The fourth-order valence-electron chi connectivity index (χ4n) is 1.05. The molecule has 0 spiro atoms. The summed E-state index contributed by atoms with van der Waals surface area (Å²) >= 11 is 7.53. The lowest BCUT2D eigenvalue weighted by Gasteiger charge is -2.11. The highest BCUT2D eigenvalue weighted by molar-refractivity contribution is 7.98. The minimum atomic E-state index is -0.0312.